The summed E-state index contributed by atoms with van der Waals surface area (Å²) < 4.78 is 1.97. The van der Waals surface area contributed by atoms with Crippen molar-refractivity contribution in [3.63, 3.8) is 0 Å². The quantitative estimate of drug-likeness (QED) is 0.148. The first kappa shape index (κ1) is 29.0. The van der Waals surface area contributed by atoms with E-state index < -0.39 is 0 Å². The van der Waals surface area contributed by atoms with Crippen LogP contribution < -0.4 is 0 Å². The second kappa shape index (κ2) is 13.9. The fourth-order valence-corrected chi connectivity index (χ4v) is 5.45. The Balaban J connectivity index is 1.65. The topological polar surface area (TPSA) is 64.7 Å². The summed E-state index contributed by atoms with van der Waals surface area (Å²) in [5, 5.41) is 14.2. The normalized spacial score (nSPS) is 14.4. The third-order valence-electron chi connectivity index (χ3n) is 7.95. The smallest absolute Gasteiger partial charge is 0.150 e. The van der Waals surface area contributed by atoms with Crippen LogP contribution in [-0.2, 0) is 6.42 Å². The number of pyridine rings is 1. The van der Waals surface area contributed by atoms with Crippen molar-refractivity contribution in [3.05, 3.63) is 59.3 Å². The van der Waals surface area contributed by atoms with Crippen LogP contribution in [0.15, 0.2) is 42.6 Å². The molecule has 1 N–H and O–H groups in total. The lowest BCUT2D eigenvalue weighted by Gasteiger charge is -2.27. The fourth-order valence-electron chi connectivity index (χ4n) is 5.45. The number of hydrogen-bond donors (Lipinski definition) is 1. The number of aldehydes is 1. The van der Waals surface area contributed by atoms with Gasteiger partial charge in [-0.2, -0.15) is 5.10 Å². The molecular weight excluding hydrogens is 482 g/mol. The van der Waals surface area contributed by atoms with Crippen molar-refractivity contribution in [1.82, 2.24) is 19.4 Å². The number of aryl methyl sites for hydroxylation is 1. The van der Waals surface area contributed by atoms with Crippen molar-refractivity contribution in [3.8, 4) is 11.3 Å². The molecule has 39 heavy (non-hydrogen) atoms. The van der Waals surface area contributed by atoms with Crippen molar-refractivity contribution in [2.75, 3.05) is 32.7 Å². The molecule has 1 aliphatic heterocycles. The molecule has 3 aromatic rings. The Morgan fingerprint density at radius 2 is 1.67 bits per heavy atom. The average molecular weight is 530 g/mol. The molecule has 0 saturated carbocycles. The minimum Gasteiger partial charge on any atom is -0.357 e. The zero-order chi connectivity index (χ0) is 27.8. The van der Waals surface area contributed by atoms with Gasteiger partial charge in [-0.1, -0.05) is 58.4 Å². The molecule has 3 heterocycles. The minimum atomic E-state index is 0.608. The lowest BCUT2D eigenvalue weighted by molar-refractivity contribution is 0.112. The summed E-state index contributed by atoms with van der Waals surface area (Å²) in [7, 11) is 0. The van der Waals surface area contributed by atoms with E-state index in [1.807, 2.05) is 41.0 Å². The Kier molecular flexibility index (Phi) is 10.3. The molecule has 1 saturated heterocycles. The number of fused-ring (bicyclic) bond motifs is 1. The lowest BCUT2D eigenvalue weighted by atomic mass is 10.0. The third kappa shape index (κ3) is 7.78. The van der Waals surface area contributed by atoms with Crippen LogP contribution in [0.25, 0.3) is 16.8 Å². The van der Waals surface area contributed by atoms with Crippen molar-refractivity contribution in [2.24, 2.45) is 11.8 Å². The number of benzene rings is 1. The van der Waals surface area contributed by atoms with E-state index in [2.05, 4.69) is 43.6 Å². The van der Waals surface area contributed by atoms with Gasteiger partial charge in [-0.25, -0.2) is 4.52 Å². The molecule has 0 spiro atoms. The zero-order valence-electron chi connectivity index (χ0n) is 24.5. The summed E-state index contributed by atoms with van der Waals surface area (Å²) in [6, 6.07) is 12.0. The maximum Gasteiger partial charge on any atom is 0.150 e. The first-order valence-corrected chi connectivity index (χ1v) is 15.0. The van der Waals surface area contributed by atoms with Gasteiger partial charge in [-0.05, 0) is 82.1 Å². The Bertz CT molecular complexity index is 1210. The van der Waals surface area contributed by atoms with E-state index in [1.165, 1.54) is 37.9 Å². The second-order valence-corrected chi connectivity index (χ2v) is 12.0. The Labute approximate surface area is 234 Å². The average Bonchev–Trinajstić information content (AvgIpc) is 3.30. The van der Waals surface area contributed by atoms with Crippen molar-refractivity contribution in [2.45, 2.75) is 72.6 Å². The lowest BCUT2D eigenvalue weighted by Crippen LogP contribution is -2.34. The van der Waals surface area contributed by atoms with Gasteiger partial charge in [-0.15, -0.1) is 0 Å². The summed E-state index contributed by atoms with van der Waals surface area (Å²) in [6.45, 7) is 14.3. The number of carbonyl (C=O) groups excluding carboxylic acids is 1. The van der Waals surface area contributed by atoms with Gasteiger partial charge in [0.05, 0.1) is 11.2 Å². The third-order valence-corrected chi connectivity index (χ3v) is 7.95. The highest BCUT2D eigenvalue weighted by Gasteiger charge is 2.19. The van der Waals surface area contributed by atoms with Gasteiger partial charge in [0.15, 0.2) is 0 Å². The van der Waals surface area contributed by atoms with E-state index in [0.717, 1.165) is 73.9 Å². The van der Waals surface area contributed by atoms with E-state index in [9.17, 15) is 4.79 Å². The number of amidine groups is 1. The van der Waals surface area contributed by atoms with Crippen molar-refractivity contribution < 1.29 is 4.79 Å². The minimum absolute atomic E-state index is 0.608. The standard InChI is InChI=1S/C33H47N5O/c1-25(2)14-20-37(21-15-26(3)4)33(34)29-16-22-38-31(23-29)30(9-8-19-36-17-6-5-7-18-36)32(35-38)28-12-10-27(24-39)11-13-28/h10-13,16,22-26,34H,5-9,14-15,17-21H2,1-4H3. The highest BCUT2D eigenvalue weighted by Crippen LogP contribution is 2.29. The van der Waals surface area contributed by atoms with Gasteiger partial charge in [0, 0.05) is 41.5 Å². The number of piperidine rings is 1. The summed E-state index contributed by atoms with van der Waals surface area (Å²) >= 11 is 0. The van der Waals surface area contributed by atoms with E-state index in [1.54, 1.807) is 0 Å². The molecule has 1 aliphatic rings. The van der Waals surface area contributed by atoms with Crippen LogP contribution in [0, 0.1) is 17.2 Å². The molecule has 0 unspecified atom stereocenters. The number of nitrogens with zero attached hydrogens (tertiary/aromatic N) is 4. The van der Waals surface area contributed by atoms with Gasteiger partial charge in [-0.3, -0.25) is 10.2 Å². The van der Waals surface area contributed by atoms with Crippen LogP contribution in [0.1, 0.15) is 87.7 Å². The van der Waals surface area contributed by atoms with E-state index >= 15 is 0 Å². The van der Waals surface area contributed by atoms with Crippen LogP contribution in [0.4, 0.5) is 0 Å². The number of hydrogen-bond acceptors (Lipinski definition) is 4. The molecule has 1 aromatic carbocycles. The Morgan fingerprint density at radius 3 is 2.28 bits per heavy atom. The first-order chi connectivity index (χ1) is 18.9. The Morgan fingerprint density at radius 1 is 1.00 bits per heavy atom. The van der Waals surface area contributed by atoms with Gasteiger partial charge < -0.3 is 9.80 Å². The molecule has 2 aromatic heterocycles. The molecular formula is C33H47N5O. The molecule has 1 fully saturated rings. The highest BCUT2D eigenvalue weighted by molar-refractivity contribution is 5.97. The maximum absolute atomic E-state index is 11.2. The van der Waals surface area contributed by atoms with Gasteiger partial charge in [0.25, 0.3) is 0 Å². The SMILES string of the molecule is CC(C)CCN(CCC(C)C)C(=N)c1ccn2nc(-c3ccc(C=O)cc3)c(CCCN3CCCCC3)c2c1. The van der Waals surface area contributed by atoms with Gasteiger partial charge in [0.1, 0.15) is 12.1 Å². The fraction of sp³-hybridized carbons (Fsp3) is 0.545. The predicted molar refractivity (Wildman–Crippen MR) is 162 cm³/mol. The number of aromatic nitrogens is 2. The number of nitrogens with one attached hydrogen (secondary N) is 1. The molecule has 4 rings (SSSR count). The number of likely N-dealkylation sites (tertiary alicyclic amines) is 1. The maximum atomic E-state index is 11.2. The molecule has 0 bridgehead atoms. The monoisotopic (exact) mass is 529 g/mol. The van der Waals surface area contributed by atoms with Crippen molar-refractivity contribution >= 4 is 17.6 Å². The van der Waals surface area contributed by atoms with Crippen LogP contribution in [-0.4, -0.2) is 64.3 Å². The summed E-state index contributed by atoms with van der Waals surface area (Å²) in [4.78, 5) is 16.1. The summed E-state index contributed by atoms with van der Waals surface area (Å²) in [5.74, 6) is 1.82. The molecule has 210 valence electrons. The molecule has 0 radical (unpaired) electrons. The molecule has 0 amide bonds. The van der Waals surface area contributed by atoms with Crippen LogP contribution in [0.3, 0.4) is 0 Å². The molecule has 0 atom stereocenters. The van der Waals surface area contributed by atoms with E-state index in [4.69, 9.17) is 10.5 Å². The highest BCUT2D eigenvalue weighted by atomic mass is 16.1. The molecule has 0 aliphatic carbocycles. The summed E-state index contributed by atoms with van der Waals surface area (Å²) in [5.41, 5.74) is 5.95. The molecule has 6 nitrogen and oxygen atoms in total. The van der Waals surface area contributed by atoms with Crippen molar-refractivity contribution in [1.29, 1.82) is 5.41 Å². The second-order valence-electron chi connectivity index (χ2n) is 12.0. The predicted octanol–water partition coefficient (Wildman–Crippen LogP) is 6.95. The van der Waals surface area contributed by atoms with E-state index in [-0.39, 0.29) is 0 Å². The van der Waals surface area contributed by atoms with Gasteiger partial charge in [0.2, 0.25) is 0 Å². The Hall–Kier alpha value is -2.99. The number of carbonyl (C=O) groups is 1. The van der Waals surface area contributed by atoms with Crippen LogP contribution >= 0.6 is 0 Å². The first-order valence-electron chi connectivity index (χ1n) is 15.0. The molecule has 6 heteroatoms. The summed E-state index contributed by atoms with van der Waals surface area (Å²) in [6.07, 6.45) is 11.0. The number of rotatable bonds is 13. The zero-order valence-corrected chi connectivity index (χ0v) is 24.5. The van der Waals surface area contributed by atoms with E-state index in [0.29, 0.717) is 23.2 Å². The van der Waals surface area contributed by atoms with Gasteiger partial charge >= 0.3 is 0 Å². The largest absolute Gasteiger partial charge is 0.357 e. The van der Waals surface area contributed by atoms with Crippen LogP contribution in [0.2, 0.25) is 0 Å². The van der Waals surface area contributed by atoms with Crippen LogP contribution in [0.5, 0.6) is 0 Å².